The minimum Gasteiger partial charge on any atom is -0.493 e. The highest BCUT2D eigenvalue weighted by molar-refractivity contribution is 9.10. The second-order valence-corrected chi connectivity index (χ2v) is 6.83. The van der Waals surface area contributed by atoms with Crippen molar-refractivity contribution in [3.8, 4) is 5.75 Å². The predicted octanol–water partition coefficient (Wildman–Crippen LogP) is 3.53. The third-order valence-corrected chi connectivity index (χ3v) is 4.81. The summed E-state index contributed by atoms with van der Waals surface area (Å²) in [6, 6.07) is 13.0. The maximum atomic E-state index is 12.2. The second kappa shape index (κ2) is 6.90. The van der Waals surface area contributed by atoms with E-state index in [4.69, 9.17) is 10.5 Å². The van der Waals surface area contributed by atoms with Crippen LogP contribution in [0.2, 0.25) is 0 Å². The molecule has 1 atom stereocenters. The van der Waals surface area contributed by atoms with Crippen molar-refractivity contribution < 1.29 is 8.95 Å². The van der Waals surface area contributed by atoms with Gasteiger partial charge in [0.05, 0.1) is 16.6 Å². The monoisotopic (exact) mass is 353 g/mol. The van der Waals surface area contributed by atoms with Crippen LogP contribution in [-0.4, -0.2) is 16.6 Å². The molecule has 0 aliphatic heterocycles. The van der Waals surface area contributed by atoms with Gasteiger partial charge in [-0.2, -0.15) is 0 Å². The Bertz CT molecular complexity index is 614. The first kappa shape index (κ1) is 15.1. The van der Waals surface area contributed by atoms with E-state index < -0.39 is 10.8 Å². The average Bonchev–Trinajstić information content (AvgIpc) is 2.41. The molecule has 106 valence electrons. The number of rotatable bonds is 5. The van der Waals surface area contributed by atoms with E-state index >= 15 is 0 Å². The average molecular weight is 354 g/mol. The number of hydrogen-bond acceptors (Lipinski definition) is 3. The summed E-state index contributed by atoms with van der Waals surface area (Å²) in [7, 11) is -1.07. The molecule has 2 rings (SSSR count). The summed E-state index contributed by atoms with van der Waals surface area (Å²) in [5.74, 6) is 1.24. The van der Waals surface area contributed by atoms with Gasteiger partial charge in [0.25, 0.3) is 0 Å². The van der Waals surface area contributed by atoms with Gasteiger partial charge in [0.15, 0.2) is 0 Å². The minimum absolute atomic E-state index is 0.415. The van der Waals surface area contributed by atoms with Gasteiger partial charge < -0.3 is 10.5 Å². The summed E-state index contributed by atoms with van der Waals surface area (Å²) in [6.07, 6.45) is 0. The van der Waals surface area contributed by atoms with Crippen LogP contribution < -0.4 is 10.5 Å². The largest absolute Gasteiger partial charge is 0.493 e. The van der Waals surface area contributed by atoms with Crippen LogP contribution in [0.3, 0.4) is 0 Å². The maximum absolute atomic E-state index is 12.2. The van der Waals surface area contributed by atoms with E-state index in [-0.39, 0.29) is 0 Å². The topological polar surface area (TPSA) is 52.3 Å². The summed E-state index contributed by atoms with van der Waals surface area (Å²) in [6.45, 7) is 2.33. The molecule has 2 N–H and O–H groups in total. The summed E-state index contributed by atoms with van der Waals surface area (Å²) in [5.41, 5.74) is 7.33. The van der Waals surface area contributed by atoms with Gasteiger partial charge in [-0.05, 0) is 55.0 Å². The molecule has 0 aromatic heterocycles. The molecule has 0 amide bonds. The quantitative estimate of drug-likeness (QED) is 0.836. The Kier molecular flexibility index (Phi) is 5.20. The Balaban J connectivity index is 1.90. The molecule has 0 aliphatic rings. The molecule has 0 saturated carbocycles. The Morgan fingerprint density at radius 2 is 1.90 bits per heavy atom. The fourth-order valence-corrected chi connectivity index (χ4v) is 3.16. The molecule has 0 bridgehead atoms. The lowest BCUT2D eigenvalue weighted by Gasteiger charge is -2.08. The highest BCUT2D eigenvalue weighted by atomic mass is 79.9. The Morgan fingerprint density at radius 1 is 1.20 bits per heavy atom. The highest BCUT2D eigenvalue weighted by Crippen LogP contribution is 2.18. The number of halogens is 1. The van der Waals surface area contributed by atoms with Gasteiger partial charge in [-0.25, -0.2) is 0 Å². The third-order valence-electron chi connectivity index (χ3n) is 2.80. The van der Waals surface area contributed by atoms with Crippen molar-refractivity contribution in [1.82, 2.24) is 0 Å². The third kappa shape index (κ3) is 4.08. The number of anilines is 1. The molecule has 5 heteroatoms. The van der Waals surface area contributed by atoms with E-state index in [9.17, 15) is 4.21 Å². The van der Waals surface area contributed by atoms with Gasteiger partial charge in [0.2, 0.25) is 0 Å². The molecule has 0 radical (unpaired) electrons. The van der Waals surface area contributed by atoms with Gasteiger partial charge in [0, 0.05) is 15.1 Å². The van der Waals surface area contributed by atoms with Crippen molar-refractivity contribution in [2.45, 2.75) is 11.8 Å². The van der Waals surface area contributed by atoms with Gasteiger partial charge in [-0.15, -0.1) is 0 Å². The van der Waals surface area contributed by atoms with Crippen LogP contribution in [0.1, 0.15) is 5.56 Å². The molecule has 0 fully saturated rings. The van der Waals surface area contributed by atoms with Crippen LogP contribution in [0.5, 0.6) is 5.75 Å². The van der Waals surface area contributed by atoms with E-state index in [0.717, 1.165) is 20.7 Å². The van der Waals surface area contributed by atoms with E-state index in [1.807, 2.05) is 43.3 Å². The first-order valence-electron chi connectivity index (χ1n) is 6.19. The Hall–Kier alpha value is -1.33. The van der Waals surface area contributed by atoms with Crippen LogP contribution in [0.15, 0.2) is 51.8 Å². The zero-order valence-corrected chi connectivity index (χ0v) is 13.5. The molecule has 0 spiro atoms. The van der Waals surface area contributed by atoms with E-state index in [0.29, 0.717) is 18.0 Å². The fourth-order valence-electron chi connectivity index (χ4n) is 1.80. The molecule has 0 heterocycles. The maximum Gasteiger partial charge on any atom is 0.119 e. The van der Waals surface area contributed by atoms with Crippen LogP contribution >= 0.6 is 15.9 Å². The molecule has 1 unspecified atom stereocenters. The zero-order chi connectivity index (χ0) is 14.5. The van der Waals surface area contributed by atoms with Gasteiger partial charge in [-0.3, -0.25) is 4.21 Å². The SMILES string of the molecule is Cc1cc(N)ccc1S(=O)CCOc1ccc(Br)cc1. The number of hydrogen-bond donors (Lipinski definition) is 1. The molecule has 2 aromatic carbocycles. The molecular weight excluding hydrogens is 338 g/mol. The molecule has 20 heavy (non-hydrogen) atoms. The van der Waals surface area contributed by atoms with E-state index in [2.05, 4.69) is 15.9 Å². The van der Waals surface area contributed by atoms with E-state index in [1.54, 1.807) is 6.07 Å². The predicted molar refractivity (Wildman–Crippen MR) is 86.5 cm³/mol. The molecule has 0 aliphatic carbocycles. The fraction of sp³-hybridized carbons (Fsp3) is 0.200. The lowest BCUT2D eigenvalue weighted by atomic mass is 10.2. The standard InChI is InChI=1S/C15H16BrNO2S/c1-11-10-13(17)4-7-15(11)20(18)9-8-19-14-5-2-12(16)3-6-14/h2-7,10H,8-9,17H2,1H3. The zero-order valence-electron chi connectivity index (χ0n) is 11.1. The number of nitrogen functional groups attached to an aromatic ring is 1. The normalized spacial score (nSPS) is 12.1. The van der Waals surface area contributed by atoms with Gasteiger partial charge in [-0.1, -0.05) is 15.9 Å². The molecular formula is C15H16BrNO2S. The van der Waals surface area contributed by atoms with Crippen LogP contribution in [-0.2, 0) is 10.8 Å². The summed E-state index contributed by atoms with van der Waals surface area (Å²) < 4.78 is 18.8. The smallest absolute Gasteiger partial charge is 0.119 e. The lowest BCUT2D eigenvalue weighted by Crippen LogP contribution is -2.09. The van der Waals surface area contributed by atoms with E-state index in [1.165, 1.54) is 0 Å². The van der Waals surface area contributed by atoms with Crippen molar-refractivity contribution in [2.75, 3.05) is 18.1 Å². The second-order valence-electron chi connectivity index (χ2n) is 4.38. The van der Waals surface area contributed by atoms with Crippen molar-refractivity contribution in [3.05, 3.63) is 52.5 Å². The van der Waals surface area contributed by atoms with Crippen molar-refractivity contribution >= 4 is 32.4 Å². The van der Waals surface area contributed by atoms with Gasteiger partial charge >= 0.3 is 0 Å². The summed E-state index contributed by atoms with van der Waals surface area (Å²) in [4.78, 5) is 0.818. The number of benzene rings is 2. The number of ether oxygens (including phenoxy) is 1. The molecule has 0 saturated heterocycles. The summed E-state index contributed by atoms with van der Waals surface area (Å²) in [5, 5.41) is 0. The number of aryl methyl sites for hydroxylation is 1. The van der Waals surface area contributed by atoms with Crippen LogP contribution in [0, 0.1) is 6.92 Å². The minimum atomic E-state index is -1.07. The van der Waals surface area contributed by atoms with Gasteiger partial charge in [0.1, 0.15) is 12.4 Å². The molecule has 2 aromatic rings. The summed E-state index contributed by atoms with van der Waals surface area (Å²) >= 11 is 3.37. The first-order valence-corrected chi connectivity index (χ1v) is 8.30. The molecule has 3 nitrogen and oxygen atoms in total. The Labute approximate surface area is 129 Å². The van der Waals surface area contributed by atoms with Crippen molar-refractivity contribution in [2.24, 2.45) is 0 Å². The first-order chi connectivity index (χ1) is 9.56. The van der Waals surface area contributed by atoms with Crippen molar-refractivity contribution in [3.63, 3.8) is 0 Å². The van der Waals surface area contributed by atoms with Crippen molar-refractivity contribution in [1.29, 1.82) is 0 Å². The van der Waals surface area contributed by atoms with Crippen LogP contribution in [0.25, 0.3) is 0 Å². The lowest BCUT2D eigenvalue weighted by molar-refractivity contribution is 0.342. The van der Waals surface area contributed by atoms with Crippen LogP contribution in [0.4, 0.5) is 5.69 Å². The number of nitrogens with two attached hydrogens (primary N) is 1. The highest BCUT2D eigenvalue weighted by Gasteiger charge is 2.07. The Morgan fingerprint density at radius 3 is 2.55 bits per heavy atom.